The summed E-state index contributed by atoms with van der Waals surface area (Å²) in [6.07, 6.45) is 5.48. The number of nitrogens with two attached hydrogens (primary N) is 1. The molecule has 98 valence electrons. The summed E-state index contributed by atoms with van der Waals surface area (Å²) in [5.74, 6) is 1.08. The zero-order valence-electron chi connectivity index (χ0n) is 10.8. The Bertz CT molecular complexity index is 255. The first-order chi connectivity index (χ1) is 8.13. The van der Waals surface area contributed by atoms with Crippen LogP contribution in [-0.4, -0.2) is 42.5 Å². The lowest BCUT2D eigenvalue weighted by Crippen LogP contribution is -2.45. The fourth-order valence-corrected chi connectivity index (χ4v) is 2.50. The molecule has 2 aliphatic rings. The van der Waals surface area contributed by atoms with Crippen molar-refractivity contribution < 1.29 is 4.79 Å². The molecular formula is C13H25N3O. The van der Waals surface area contributed by atoms with Gasteiger partial charge in [0.15, 0.2) is 0 Å². The second-order valence-electron chi connectivity index (χ2n) is 5.77. The van der Waals surface area contributed by atoms with Gasteiger partial charge in [-0.1, -0.05) is 0 Å². The lowest BCUT2D eigenvalue weighted by molar-refractivity contribution is -0.122. The zero-order valence-corrected chi connectivity index (χ0v) is 10.8. The number of piperidine rings is 1. The second-order valence-corrected chi connectivity index (χ2v) is 5.77. The predicted molar refractivity (Wildman–Crippen MR) is 68.6 cm³/mol. The van der Waals surface area contributed by atoms with E-state index in [-0.39, 0.29) is 11.9 Å². The van der Waals surface area contributed by atoms with E-state index >= 15 is 0 Å². The molecule has 17 heavy (non-hydrogen) atoms. The molecule has 1 saturated carbocycles. The third kappa shape index (κ3) is 4.64. The maximum Gasteiger partial charge on any atom is 0.221 e. The van der Waals surface area contributed by atoms with Gasteiger partial charge in [0.25, 0.3) is 0 Å². The molecule has 0 aromatic carbocycles. The van der Waals surface area contributed by atoms with Crippen LogP contribution in [0.25, 0.3) is 0 Å². The molecular weight excluding hydrogens is 214 g/mol. The molecule has 3 N–H and O–H groups in total. The largest absolute Gasteiger partial charge is 0.353 e. The van der Waals surface area contributed by atoms with Gasteiger partial charge in [-0.3, -0.25) is 4.79 Å². The van der Waals surface area contributed by atoms with Gasteiger partial charge in [0.05, 0.1) is 0 Å². The number of amides is 1. The van der Waals surface area contributed by atoms with Crippen molar-refractivity contribution >= 4 is 5.91 Å². The first-order valence-corrected chi connectivity index (χ1v) is 6.91. The number of nitrogens with one attached hydrogen (secondary N) is 1. The van der Waals surface area contributed by atoms with E-state index in [1.807, 2.05) is 6.92 Å². The summed E-state index contributed by atoms with van der Waals surface area (Å²) in [5, 5.41) is 3.09. The zero-order chi connectivity index (χ0) is 12.3. The maximum atomic E-state index is 11.6. The average Bonchev–Trinajstić information content (AvgIpc) is 3.03. The number of rotatable bonds is 5. The van der Waals surface area contributed by atoms with Gasteiger partial charge in [-0.15, -0.1) is 0 Å². The minimum Gasteiger partial charge on any atom is -0.353 e. The van der Waals surface area contributed by atoms with Crippen LogP contribution in [0.15, 0.2) is 0 Å². The molecule has 4 nitrogen and oxygen atoms in total. The lowest BCUT2D eigenvalue weighted by atomic mass is 10.0. The smallest absolute Gasteiger partial charge is 0.221 e. The Morgan fingerprint density at radius 3 is 2.53 bits per heavy atom. The molecule has 1 heterocycles. The van der Waals surface area contributed by atoms with Gasteiger partial charge < -0.3 is 16.0 Å². The Morgan fingerprint density at radius 2 is 2.00 bits per heavy atom. The molecule has 0 aromatic rings. The molecule has 0 spiro atoms. The van der Waals surface area contributed by atoms with Crippen molar-refractivity contribution in [2.45, 2.75) is 51.1 Å². The number of likely N-dealkylation sites (tertiary alicyclic amines) is 1. The van der Waals surface area contributed by atoms with Gasteiger partial charge in [-0.2, -0.15) is 0 Å². The van der Waals surface area contributed by atoms with E-state index in [1.54, 1.807) is 0 Å². The molecule has 0 radical (unpaired) electrons. The Morgan fingerprint density at radius 1 is 1.35 bits per heavy atom. The number of hydrogen-bond acceptors (Lipinski definition) is 3. The summed E-state index contributed by atoms with van der Waals surface area (Å²) in [4.78, 5) is 14.1. The standard InChI is InChI=1S/C13H25N3O/c1-10(14)8-13(17)15-12-4-6-16(7-5-12)9-11-2-3-11/h10-12H,2-9,14H2,1H3,(H,15,17). The Balaban J connectivity index is 1.62. The highest BCUT2D eigenvalue weighted by Crippen LogP contribution is 2.30. The van der Waals surface area contributed by atoms with Crippen LogP contribution in [0.1, 0.15) is 39.0 Å². The fourth-order valence-electron chi connectivity index (χ4n) is 2.50. The van der Waals surface area contributed by atoms with Gasteiger partial charge in [0.2, 0.25) is 5.91 Å². The van der Waals surface area contributed by atoms with Crippen LogP contribution in [0.3, 0.4) is 0 Å². The van der Waals surface area contributed by atoms with Crippen molar-refractivity contribution in [3.8, 4) is 0 Å². The first-order valence-electron chi connectivity index (χ1n) is 6.91. The van der Waals surface area contributed by atoms with Crippen molar-refractivity contribution in [3.63, 3.8) is 0 Å². The molecule has 0 aromatic heterocycles. The van der Waals surface area contributed by atoms with E-state index in [1.165, 1.54) is 19.4 Å². The number of hydrogen-bond donors (Lipinski definition) is 2. The lowest BCUT2D eigenvalue weighted by Gasteiger charge is -2.32. The Labute approximate surface area is 104 Å². The molecule has 1 atom stereocenters. The van der Waals surface area contributed by atoms with Crippen LogP contribution < -0.4 is 11.1 Å². The average molecular weight is 239 g/mol. The van der Waals surface area contributed by atoms with E-state index in [0.717, 1.165) is 31.8 Å². The van der Waals surface area contributed by atoms with Crippen molar-refractivity contribution in [2.75, 3.05) is 19.6 Å². The summed E-state index contributed by atoms with van der Waals surface area (Å²) < 4.78 is 0. The van der Waals surface area contributed by atoms with E-state index in [2.05, 4.69) is 10.2 Å². The molecule has 1 aliphatic carbocycles. The van der Waals surface area contributed by atoms with E-state index in [0.29, 0.717) is 12.5 Å². The Kier molecular flexibility index (Phi) is 4.40. The molecule has 1 aliphatic heterocycles. The van der Waals surface area contributed by atoms with Crippen LogP contribution in [0.4, 0.5) is 0 Å². The molecule has 2 fully saturated rings. The Hall–Kier alpha value is -0.610. The molecule has 2 rings (SSSR count). The highest BCUT2D eigenvalue weighted by Gasteiger charge is 2.27. The van der Waals surface area contributed by atoms with Crippen molar-refractivity contribution in [1.82, 2.24) is 10.2 Å². The van der Waals surface area contributed by atoms with Gasteiger partial charge >= 0.3 is 0 Å². The molecule has 1 unspecified atom stereocenters. The number of nitrogens with zero attached hydrogens (tertiary/aromatic N) is 1. The summed E-state index contributed by atoms with van der Waals surface area (Å²) in [5.41, 5.74) is 5.61. The van der Waals surface area contributed by atoms with Crippen LogP contribution in [-0.2, 0) is 4.79 Å². The minimum absolute atomic E-state index is 0.0371. The fraction of sp³-hybridized carbons (Fsp3) is 0.923. The second kappa shape index (κ2) is 5.83. The van der Waals surface area contributed by atoms with Crippen molar-refractivity contribution in [2.24, 2.45) is 11.7 Å². The van der Waals surface area contributed by atoms with Gasteiger partial charge in [-0.25, -0.2) is 0 Å². The third-order valence-electron chi connectivity index (χ3n) is 3.67. The summed E-state index contributed by atoms with van der Waals surface area (Å²) >= 11 is 0. The first kappa shape index (κ1) is 12.8. The van der Waals surface area contributed by atoms with E-state index in [4.69, 9.17) is 5.73 Å². The summed E-state index contributed by atoms with van der Waals surface area (Å²) in [7, 11) is 0. The quantitative estimate of drug-likeness (QED) is 0.743. The van der Waals surface area contributed by atoms with E-state index in [9.17, 15) is 4.79 Å². The summed E-state index contributed by atoms with van der Waals surface area (Å²) in [6.45, 7) is 5.43. The molecule has 4 heteroatoms. The molecule has 1 saturated heterocycles. The van der Waals surface area contributed by atoms with Crippen molar-refractivity contribution in [1.29, 1.82) is 0 Å². The number of carbonyl (C=O) groups excluding carboxylic acids is 1. The SMILES string of the molecule is CC(N)CC(=O)NC1CCN(CC2CC2)CC1. The van der Waals surface area contributed by atoms with Gasteiger partial charge in [-0.05, 0) is 38.5 Å². The topological polar surface area (TPSA) is 58.4 Å². The third-order valence-corrected chi connectivity index (χ3v) is 3.67. The van der Waals surface area contributed by atoms with Gasteiger partial charge in [0.1, 0.15) is 0 Å². The normalized spacial score (nSPS) is 24.6. The predicted octanol–water partition coefficient (Wildman–Crippen LogP) is 0.714. The van der Waals surface area contributed by atoms with E-state index < -0.39 is 0 Å². The highest BCUT2D eigenvalue weighted by atomic mass is 16.1. The van der Waals surface area contributed by atoms with Crippen LogP contribution in [0.2, 0.25) is 0 Å². The van der Waals surface area contributed by atoms with Crippen LogP contribution in [0.5, 0.6) is 0 Å². The summed E-state index contributed by atoms with van der Waals surface area (Å²) in [6, 6.07) is 0.335. The maximum absolute atomic E-state index is 11.6. The minimum atomic E-state index is -0.0371. The monoisotopic (exact) mass is 239 g/mol. The van der Waals surface area contributed by atoms with Crippen LogP contribution in [0, 0.1) is 5.92 Å². The van der Waals surface area contributed by atoms with Crippen molar-refractivity contribution in [3.05, 3.63) is 0 Å². The highest BCUT2D eigenvalue weighted by molar-refractivity contribution is 5.76. The number of carbonyl (C=O) groups is 1. The molecule has 1 amide bonds. The molecule has 0 bridgehead atoms. The van der Waals surface area contributed by atoms with Gasteiger partial charge in [0, 0.05) is 38.1 Å². The van der Waals surface area contributed by atoms with Crippen LogP contribution >= 0.6 is 0 Å².